The fourth-order valence-electron chi connectivity index (χ4n) is 3.81. The van der Waals surface area contributed by atoms with Crippen molar-refractivity contribution in [3.63, 3.8) is 0 Å². The summed E-state index contributed by atoms with van der Waals surface area (Å²) in [5.74, 6) is 0.822. The second kappa shape index (κ2) is 7.03. The van der Waals surface area contributed by atoms with Gasteiger partial charge < -0.3 is 15.2 Å². The van der Waals surface area contributed by atoms with Crippen LogP contribution in [-0.4, -0.2) is 43.4 Å². The zero-order valence-corrected chi connectivity index (χ0v) is 13.9. The molecule has 2 N–H and O–H groups in total. The Morgan fingerprint density at radius 2 is 1.92 bits per heavy atom. The van der Waals surface area contributed by atoms with Gasteiger partial charge in [0.2, 0.25) is 0 Å². The maximum atomic E-state index is 9.26. The predicted molar refractivity (Wildman–Crippen MR) is 90.7 cm³/mol. The number of nitrogens with zero attached hydrogens (tertiary/aromatic N) is 4. The quantitative estimate of drug-likeness (QED) is 0.838. The number of aliphatic hydroxyl groups excluding tert-OH is 1. The normalized spacial score (nSPS) is 25.9. The van der Waals surface area contributed by atoms with E-state index in [0.717, 1.165) is 29.8 Å². The predicted octanol–water partition coefficient (Wildman–Crippen LogP) is 2.63. The van der Waals surface area contributed by atoms with E-state index in [-0.39, 0.29) is 18.9 Å². The van der Waals surface area contributed by atoms with Crippen molar-refractivity contribution in [2.75, 3.05) is 11.9 Å². The summed E-state index contributed by atoms with van der Waals surface area (Å²) in [6, 6.07) is 0.470. The minimum absolute atomic E-state index is 0.0621. The molecule has 1 aliphatic heterocycles. The van der Waals surface area contributed by atoms with E-state index in [1.807, 2.05) is 4.57 Å². The molecule has 0 radical (unpaired) electrons. The average Bonchev–Trinajstić information content (AvgIpc) is 3.17. The third-order valence-electron chi connectivity index (χ3n) is 5.15. The lowest BCUT2D eigenvalue weighted by molar-refractivity contribution is -0.0207. The first-order valence-electron chi connectivity index (χ1n) is 9.05. The highest BCUT2D eigenvalue weighted by atomic mass is 16.5. The molecule has 2 aliphatic rings. The van der Waals surface area contributed by atoms with Gasteiger partial charge in [0.25, 0.3) is 0 Å². The van der Waals surface area contributed by atoms with E-state index in [9.17, 15) is 5.11 Å². The van der Waals surface area contributed by atoms with Crippen molar-refractivity contribution >= 4 is 17.0 Å². The summed E-state index contributed by atoms with van der Waals surface area (Å²) in [5, 5.41) is 12.8. The van der Waals surface area contributed by atoms with Crippen LogP contribution in [0, 0.1) is 0 Å². The Kier molecular flexibility index (Phi) is 4.62. The summed E-state index contributed by atoms with van der Waals surface area (Å²) in [6.07, 6.45) is 12.5. The first-order chi connectivity index (χ1) is 11.8. The number of hydrogen-bond donors (Lipinski definition) is 2. The second-order valence-electron chi connectivity index (χ2n) is 6.85. The number of hydrogen-bond acceptors (Lipinski definition) is 6. The molecule has 0 spiro atoms. The van der Waals surface area contributed by atoms with Crippen LogP contribution in [0.1, 0.15) is 57.6 Å². The molecule has 24 heavy (non-hydrogen) atoms. The zero-order valence-electron chi connectivity index (χ0n) is 13.9. The number of ether oxygens (including phenoxy) is 1. The van der Waals surface area contributed by atoms with Crippen molar-refractivity contribution in [3.05, 3.63) is 12.7 Å². The Morgan fingerprint density at radius 1 is 1.08 bits per heavy atom. The van der Waals surface area contributed by atoms with Crippen LogP contribution in [0.3, 0.4) is 0 Å². The third-order valence-corrected chi connectivity index (χ3v) is 5.15. The van der Waals surface area contributed by atoms with E-state index < -0.39 is 0 Å². The van der Waals surface area contributed by atoms with Crippen molar-refractivity contribution in [2.45, 2.75) is 69.7 Å². The van der Waals surface area contributed by atoms with Gasteiger partial charge in [0.05, 0.1) is 19.0 Å². The molecular weight excluding hydrogens is 306 g/mol. The SMILES string of the molecule is OC[C@@H]1CC[C@H](n2cnc3c(NC4CCCCCC4)ncnc32)O1. The van der Waals surface area contributed by atoms with Gasteiger partial charge in [-0.3, -0.25) is 4.57 Å². The molecule has 130 valence electrons. The molecule has 2 atom stereocenters. The van der Waals surface area contributed by atoms with Gasteiger partial charge in [0.15, 0.2) is 17.0 Å². The second-order valence-corrected chi connectivity index (χ2v) is 6.85. The first-order valence-corrected chi connectivity index (χ1v) is 9.05. The lowest BCUT2D eigenvalue weighted by atomic mass is 10.1. The summed E-state index contributed by atoms with van der Waals surface area (Å²) in [7, 11) is 0. The van der Waals surface area contributed by atoms with Crippen molar-refractivity contribution in [3.8, 4) is 0 Å². The van der Waals surface area contributed by atoms with Gasteiger partial charge in [-0.2, -0.15) is 0 Å². The van der Waals surface area contributed by atoms with Gasteiger partial charge in [-0.15, -0.1) is 0 Å². The highest BCUT2D eigenvalue weighted by Crippen LogP contribution is 2.31. The van der Waals surface area contributed by atoms with E-state index in [4.69, 9.17) is 4.74 Å². The average molecular weight is 331 g/mol. The maximum Gasteiger partial charge on any atom is 0.167 e. The van der Waals surface area contributed by atoms with E-state index in [1.165, 1.54) is 38.5 Å². The molecule has 3 heterocycles. The number of aliphatic hydroxyl groups is 1. The highest BCUT2D eigenvalue weighted by molar-refractivity contribution is 5.82. The Hall–Kier alpha value is -1.73. The molecule has 1 saturated heterocycles. The molecule has 4 rings (SSSR count). The van der Waals surface area contributed by atoms with E-state index >= 15 is 0 Å². The molecule has 2 aromatic heterocycles. The third kappa shape index (κ3) is 3.10. The van der Waals surface area contributed by atoms with Crippen molar-refractivity contribution in [1.82, 2.24) is 19.5 Å². The number of aromatic nitrogens is 4. The van der Waals surface area contributed by atoms with E-state index in [0.29, 0.717) is 6.04 Å². The van der Waals surface area contributed by atoms with Crippen LogP contribution in [0.2, 0.25) is 0 Å². The fraction of sp³-hybridized carbons (Fsp3) is 0.706. The molecule has 1 saturated carbocycles. The van der Waals surface area contributed by atoms with Crippen molar-refractivity contribution < 1.29 is 9.84 Å². The smallest absolute Gasteiger partial charge is 0.167 e. The Labute approximate surface area is 141 Å². The van der Waals surface area contributed by atoms with E-state index in [1.54, 1.807) is 12.7 Å². The van der Waals surface area contributed by atoms with E-state index in [2.05, 4.69) is 20.3 Å². The summed E-state index contributed by atoms with van der Waals surface area (Å²) >= 11 is 0. The van der Waals surface area contributed by atoms with Crippen LogP contribution in [-0.2, 0) is 4.74 Å². The number of rotatable bonds is 4. The lowest BCUT2D eigenvalue weighted by Gasteiger charge is -2.17. The molecule has 0 bridgehead atoms. The van der Waals surface area contributed by atoms with Crippen LogP contribution in [0.25, 0.3) is 11.2 Å². The Balaban J connectivity index is 1.57. The van der Waals surface area contributed by atoms with Crippen LogP contribution in [0.4, 0.5) is 5.82 Å². The fourth-order valence-corrected chi connectivity index (χ4v) is 3.81. The standard InChI is InChI=1S/C17H25N5O2/c23-9-13-7-8-14(24-13)22-11-20-15-16(18-10-19-17(15)22)21-12-5-3-1-2-4-6-12/h10-14,23H,1-9H2,(H,18,19,21)/t13-,14+/m0/s1. The van der Waals surface area contributed by atoms with Gasteiger partial charge in [-0.25, -0.2) is 15.0 Å². The topological polar surface area (TPSA) is 85.1 Å². The number of anilines is 1. The van der Waals surface area contributed by atoms with Crippen molar-refractivity contribution in [2.24, 2.45) is 0 Å². The number of imidazole rings is 1. The first kappa shape index (κ1) is 15.8. The number of nitrogens with one attached hydrogen (secondary N) is 1. The summed E-state index contributed by atoms with van der Waals surface area (Å²) < 4.78 is 7.82. The zero-order chi connectivity index (χ0) is 16.4. The van der Waals surface area contributed by atoms with Crippen LogP contribution in [0.5, 0.6) is 0 Å². The highest BCUT2D eigenvalue weighted by Gasteiger charge is 2.28. The molecular formula is C17H25N5O2. The minimum Gasteiger partial charge on any atom is -0.394 e. The molecule has 2 aromatic rings. The molecule has 7 nitrogen and oxygen atoms in total. The Morgan fingerprint density at radius 3 is 2.67 bits per heavy atom. The molecule has 0 aromatic carbocycles. The van der Waals surface area contributed by atoms with Gasteiger partial charge >= 0.3 is 0 Å². The van der Waals surface area contributed by atoms with Crippen LogP contribution < -0.4 is 5.32 Å². The Bertz CT molecular complexity index is 681. The van der Waals surface area contributed by atoms with Crippen molar-refractivity contribution in [1.29, 1.82) is 0 Å². The molecule has 7 heteroatoms. The monoisotopic (exact) mass is 331 g/mol. The van der Waals surface area contributed by atoms with Crippen LogP contribution in [0.15, 0.2) is 12.7 Å². The molecule has 1 aliphatic carbocycles. The van der Waals surface area contributed by atoms with Gasteiger partial charge in [-0.05, 0) is 25.7 Å². The van der Waals surface area contributed by atoms with Gasteiger partial charge in [0, 0.05) is 6.04 Å². The van der Waals surface area contributed by atoms with Gasteiger partial charge in [0.1, 0.15) is 12.6 Å². The maximum absolute atomic E-state index is 9.26. The minimum atomic E-state index is -0.104. The lowest BCUT2D eigenvalue weighted by Crippen LogP contribution is -2.19. The van der Waals surface area contributed by atoms with Gasteiger partial charge in [-0.1, -0.05) is 25.7 Å². The summed E-state index contributed by atoms with van der Waals surface area (Å²) in [5.41, 5.74) is 1.60. The summed E-state index contributed by atoms with van der Waals surface area (Å²) in [4.78, 5) is 13.4. The molecule has 2 fully saturated rings. The summed E-state index contributed by atoms with van der Waals surface area (Å²) in [6.45, 7) is 0.0621. The largest absolute Gasteiger partial charge is 0.394 e. The van der Waals surface area contributed by atoms with Crippen LogP contribution >= 0.6 is 0 Å². The number of fused-ring (bicyclic) bond motifs is 1. The molecule has 0 unspecified atom stereocenters. The molecule has 0 amide bonds.